The Labute approximate surface area is 159 Å². The number of halogens is 2. The normalized spacial score (nSPS) is 15.0. The Bertz CT molecular complexity index is 1030. The molecule has 0 aliphatic heterocycles. The van der Waals surface area contributed by atoms with Crippen LogP contribution in [0.2, 0.25) is 0 Å². The zero-order valence-corrected chi connectivity index (χ0v) is 15.0. The standard InChI is InChI=1S/C19H17F2N5O2/c1-28-17-14(21)10-12(11-23-17)26-9-5-15(25-26)24-18(27)19(6-3-7-19)16-13(20)4-2-8-22-16/h2,4-5,8-11H,3,6-7H2,1H3,(H,24,25,27). The fourth-order valence-electron chi connectivity index (χ4n) is 3.30. The number of carbonyl (C=O) groups is 1. The molecule has 0 bridgehead atoms. The molecule has 1 N–H and O–H groups in total. The van der Waals surface area contributed by atoms with Crippen molar-refractivity contribution in [3.8, 4) is 11.6 Å². The van der Waals surface area contributed by atoms with Crippen molar-refractivity contribution in [3.05, 3.63) is 60.2 Å². The predicted octanol–water partition coefficient (Wildman–Crippen LogP) is 3.01. The fourth-order valence-corrected chi connectivity index (χ4v) is 3.30. The maximum Gasteiger partial charge on any atom is 0.250 e. The maximum absolute atomic E-state index is 14.2. The minimum Gasteiger partial charge on any atom is -0.479 e. The second-order valence-corrected chi connectivity index (χ2v) is 6.55. The SMILES string of the molecule is COc1ncc(-n2ccc(NC(=O)C3(c4ncccc4F)CCC3)n2)cc1F. The molecule has 0 spiro atoms. The molecule has 7 nitrogen and oxygen atoms in total. The van der Waals surface area contributed by atoms with Gasteiger partial charge in [0.1, 0.15) is 5.82 Å². The van der Waals surface area contributed by atoms with Gasteiger partial charge in [0.05, 0.1) is 30.1 Å². The number of anilines is 1. The third kappa shape index (κ3) is 2.98. The quantitative estimate of drug-likeness (QED) is 0.730. The lowest BCUT2D eigenvalue weighted by atomic mass is 9.65. The molecule has 1 aliphatic carbocycles. The van der Waals surface area contributed by atoms with Crippen LogP contribution in [0.4, 0.5) is 14.6 Å². The molecule has 1 aliphatic rings. The molecule has 1 saturated carbocycles. The second-order valence-electron chi connectivity index (χ2n) is 6.55. The first kappa shape index (κ1) is 18.0. The van der Waals surface area contributed by atoms with Gasteiger partial charge in [-0.2, -0.15) is 5.10 Å². The van der Waals surface area contributed by atoms with E-state index in [0.717, 1.165) is 6.42 Å². The Morgan fingerprint density at radius 1 is 1.25 bits per heavy atom. The van der Waals surface area contributed by atoms with E-state index in [0.29, 0.717) is 18.5 Å². The molecular weight excluding hydrogens is 368 g/mol. The molecular formula is C19H17F2N5O2. The molecule has 9 heteroatoms. The van der Waals surface area contributed by atoms with Crippen molar-refractivity contribution in [1.82, 2.24) is 19.7 Å². The van der Waals surface area contributed by atoms with Gasteiger partial charge in [-0.15, -0.1) is 0 Å². The van der Waals surface area contributed by atoms with Gasteiger partial charge < -0.3 is 10.1 Å². The number of aromatic nitrogens is 4. The zero-order chi connectivity index (χ0) is 19.7. The highest BCUT2D eigenvalue weighted by Gasteiger charge is 2.48. The van der Waals surface area contributed by atoms with Gasteiger partial charge in [0.15, 0.2) is 11.6 Å². The second kappa shape index (κ2) is 6.99. The van der Waals surface area contributed by atoms with E-state index < -0.39 is 17.0 Å². The lowest BCUT2D eigenvalue weighted by Crippen LogP contribution is -2.47. The number of nitrogens with zero attached hydrogens (tertiary/aromatic N) is 4. The third-order valence-electron chi connectivity index (χ3n) is 4.94. The Morgan fingerprint density at radius 2 is 2.07 bits per heavy atom. The maximum atomic E-state index is 14.2. The Hall–Kier alpha value is -3.36. The molecule has 0 aromatic carbocycles. The van der Waals surface area contributed by atoms with Gasteiger partial charge in [-0.05, 0) is 25.0 Å². The molecule has 1 fully saturated rings. The Morgan fingerprint density at radius 3 is 2.71 bits per heavy atom. The molecule has 0 radical (unpaired) electrons. The van der Waals surface area contributed by atoms with Crippen LogP contribution in [0.5, 0.6) is 5.88 Å². The summed E-state index contributed by atoms with van der Waals surface area (Å²) >= 11 is 0. The van der Waals surface area contributed by atoms with Crippen LogP contribution in [-0.2, 0) is 10.2 Å². The van der Waals surface area contributed by atoms with Crippen LogP contribution in [0.25, 0.3) is 5.69 Å². The molecule has 28 heavy (non-hydrogen) atoms. The summed E-state index contributed by atoms with van der Waals surface area (Å²) < 4.78 is 34.2. The van der Waals surface area contributed by atoms with Crippen LogP contribution in [0.1, 0.15) is 25.0 Å². The minimum absolute atomic E-state index is 0.117. The van der Waals surface area contributed by atoms with Crippen molar-refractivity contribution >= 4 is 11.7 Å². The van der Waals surface area contributed by atoms with Crippen LogP contribution in [-0.4, -0.2) is 32.8 Å². The Kier molecular flexibility index (Phi) is 4.50. The summed E-state index contributed by atoms with van der Waals surface area (Å²) in [6.45, 7) is 0. The number of rotatable bonds is 5. The van der Waals surface area contributed by atoms with Crippen molar-refractivity contribution in [2.45, 2.75) is 24.7 Å². The summed E-state index contributed by atoms with van der Waals surface area (Å²) in [5.74, 6) is -1.33. The van der Waals surface area contributed by atoms with E-state index in [1.165, 1.54) is 42.4 Å². The van der Waals surface area contributed by atoms with E-state index in [2.05, 4.69) is 20.4 Å². The predicted molar refractivity (Wildman–Crippen MR) is 96.2 cm³/mol. The van der Waals surface area contributed by atoms with Crippen LogP contribution in [0.15, 0.2) is 42.9 Å². The fraction of sp³-hybridized carbons (Fsp3) is 0.263. The lowest BCUT2D eigenvalue weighted by Gasteiger charge is -2.39. The van der Waals surface area contributed by atoms with Gasteiger partial charge >= 0.3 is 0 Å². The van der Waals surface area contributed by atoms with Crippen LogP contribution in [0.3, 0.4) is 0 Å². The van der Waals surface area contributed by atoms with Crippen molar-refractivity contribution in [2.75, 3.05) is 12.4 Å². The van der Waals surface area contributed by atoms with Gasteiger partial charge in [0, 0.05) is 24.5 Å². The van der Waals surface area contributed by atoms with E-state index in [1.54, 1.807) is 12.3 Å². The summed E-state index contributed by atoms with van der Waals surface area (Å²) in [5.41, 5.74) is -0.476. The van der Waals surface area contributed by atoms with Crippen molar-refractivity contribution in [2.24, 2.45) is 0 Å². The van der Waals surface area contributed by atoms with Crippen LogP contribution < -0.4 is 10.1 Å². The molecule has 144 valence electrons. The number of amides is 1. The van der Waals surface area contributed by atoms with E-state index in [9.17, 15) is 13.6 Å². The van der Waals surface area contributed by atoms with Crippen LogP contribution in [0, 0.1) is 11.6 Å². The number of hydrogen-bond acceptors (Lipinski definition) is 5. The smallest absolute Gasteiger partial charge is 0.250 e. The van der Waals surface area contributed by atoms with E-state index >= 15 is 0 Å². The molecule has 3 aromatic rings. The topological polar surface area (TPSA) is 81.9 Å². The summed E-state index contributed by atoms with van der Waals surface area (Å²) in [7, 11) is 1.33. The molecule has 3 heterocycles. The lowest BCUT2D eigenvalue weighted by molar-refractivity contribution is -0.124. The van der Waals surface area contributed by atoms with Gasteiger partial charge in [-0.3, -0.25) is 9.78 Å². The van der Waals surface area contributed by atoms with Crippen molar-refractivity contribution in [1.29, 1.82) is 0 Å². The van der Waals surface area contributed by atoms with Crippen molar-refractivity contribution in [3.63, 3.8) is 0 Å². The highest BCUT2D eigenvalue weighted by atomic mass is 19.1. The molecule has 3 aromatic heterocycles. The monoisotopic (exact) mass is 385 g/mol. The number of nitrogens with one attached hydrogen (secondary N) is 1. The minimum atomic E-state index is -0.997. The van der Waals surface area contributed by atoms with E-state index in [-0.39, 0.29) is 23.3 Å². The average Bonchev–Trinajstić information content (AvgIpc) is 3.11. The number of carbonyl (C=O) groups excluding carboxylic acids is 1. The number of pyridine rings is 2. The number of hydrogen-bond donors (Lipinski definition) is 1. The first-order valence-corrected chi connectivity index (χ1v) is 8.71. The summed E-state index contributed by atoms with van der Waals surface area (Å²) in [4.78, 5) is 20.8. The third-order valence-corrected chi connectivity index (χ3v) is 4.94. The molecule has 0 atom stereocenters. The molecule has 0 unspecified atom stereocenters. The highest BCUT2D eigenvalue weighted by Crippen LogP contribution is 2.44. The summed E-state index contributed by atoms with van der Waals surface area (Å²) in [5, 5.41) is 6.95. The molecule has 1 amide bonds. The summed E-state index contributed by atoms with van der Waals surface area (Å²) in [6.07, 6.45) is 6.28. The first-order valence-electron chi connectivity index (χ1n) is 8.71. The summed E-state index contributed by atoms with van der Waals surface area (Å²) in [6, 6.07) is 5.59. The Balaban J connectivity index is 1.56. The van der Waals surface area contributed by atoms with Gasteiger partial charge in [-0.1, -0.05) is 6.42 Å². The van der Waals surface area contributed by atoms with Gasteiger partial charge in [0.2, 0.25) is 11.8 Å². The average molecular weight is 385 g/mol. The number of methoxy groups -OCH3 is 1. The zero-order valence-electron chi connectivity index (χ0n) is 15.0. The van der Waals surface area contributed by atoms with Gasteiger partial charge in [0.25, 0.3) is 0 Å². The largest absolute Gasteiger partial charge is 0.479 e. The van der Waals surface area contributed by atoms with Crippen LogP contribution >= 0.6 is 0 Å². The number of ether oxygens (including phenoxy) is 1. The van der Waals surface area contributed by atoms with Gasteiger partial charge in [-0.25, -0.2) is 18.4 Å². The first-order chi connectivity index (χ1) is 13.5. The molecule has 0 saturated heterocycles. The van der Waals surface area contributed by atoms with Crippen molar-refractivity contribution < 1.29 is 18.3 Å². The van der Waals surface area contributed by atoms with E-state index in [1.807, 2.05) is 0 Å². The van der Waals surface area contributed by atoms with E-state index in [4.69, 9.17) is 4.74 Å². The highest BCUT2D eigenvalue weighted by molar-refractivity contribution is 5.99. The molecule has 4 rings (SSSR count).